The minimum Gasteiger partial charge on any atom is -0.309 e. The van der Waals surface area contributed by atoms with Gasteiger partial charge in [0.15, 0.2) is 17.5 Å². The Labute approximate surface area is 560 Å². The van der Waals surface area contributed by atoms with E-state index < -0.39 is 0 Å². The van der Waals surface area contributed by atoms with E-state index in [1.165, 1.54) is 0 Å². The highest BCUT2D eigenvalue weighted by Gasteiger charge is 2.26. The van der Waals surface area contributed by atoms with Crippen LogP contribution in [0.15, 0.2) is 243 Å². The number of benzene rings is 12. The summed E-state index contributed by atoms with van der Waals surface area (Å²) in [4.78, 5) is 15.4. The van der Waals surface area contributed by atoms with E-state index in [1.807, 2.05) is 164 Å². The smallest absolute Gasteiger partial charge is 0.164 e. The van der Waals surface area contributed by atoms with E-state index in [4.69, 9.17) is 15.0 Å². The first-order valence-electron chi connectivity index (χ1n) is 30.6. The molecule has 14 heteroatoms. The van der Waals surface area contributed by atoms with Crippen LogP contribution in [0, 0.1) is 102 Å². The highest BCUT2D eigenvalue weighted by molar-refractivity contribution is 6.14. The van der Waals surface area contributed by atoms with E-state index in [9.17, 15) is 47.4 Å². The number of nitrogens with zero attached hydrogens (tertiary/aromatic N) is 14. The van der Waals surface area contributed by atoms with Crippen molar-refractivity contribution in [3.8, 4) is 156 Å². The molecule has 0 bridgehead atoms. The van der Waals surface area contributed by atoms with Gasteiger partial charge in [-0.15, -0.1) is 0 Å². The Balaban J connectivity index is 1.05. The van der Waals surface area contributed by atoms with Crippen LogP contribution in [-0.4, -0.2) is 24.1 Å². The minimum absolute atomic E-state index is 0.311. The number of rotatable bonds is 10. The van der Waals surface area contributed by atoms with Gasteiger partial charge >= 0.3 is 0 Å². The molecule has 446 valence electrons. The second-order valence-electron chi connectivity index (χ2n) is 23.3. The molecule has 15 rings (SSSR count). The third-order valence-electron chi connectivity index (χ3n) is 17.5. The zero-order valence-corrected chi connectivity index (χ0v) is 51.4. The molecule has 0 saturated heterocycles. The van der Waals surface area contributed by atoms with Gasteiger partial charge in [0.05, 0.1) is 138 Å². The summed E-state index contributed by atoms with van der Waals surface area (Å²) in [5.41, 5.74) is 15.7. The van der Waals surface area contributed by atoms with E-state index in [0.29, 0.717) is 118 Å². The first kappa shape index (κ1) is 59.0. The second kappa shape index (κ2) is 24.4. The summed E-state index contributed by atoms with van der Waals surface area (Å²) in [5.74, 6) is 1.22. The molecule has 0 radical (unpaired) electrons. The largest absolute Gasteiger partial charge is 0.309 e. The third-order valence-corrected chi connectivity index (χ3v) is 17.5. The van der Waals surface area contributed by atoms with Crippen LogP contribution in [0.5, 0.6) is 0 Å². The summed E-state index contributed by atoms with van der Waals surface area (Å²) >= 11 is 0. The van der Waals surface area contributed by atoms with Gasteiger partial charge in [0.1, 0.15) is 0 Å². The molecular formula is C84H40N14. The molecule has 0 aliphatic carbocycles. The predicted molar refractivity (Wildman–Crippen MR) is 374 cm³/mol. The topological polar surface area (TPSA) is 263 Å². The quantitative estimate of drug-likeness (QED) is 0.124. The van der Waals surface area contributed by atoms with Gasteiger partial charge in [-0.25, -0.2) is 15.0 Å². The normalized spacial score (nSPS) is 10.8. The van der Waals surface area contributed by atoms with Crippen LogP contribution in [0.3, 0.4) is 0 Å². The zero-order chi connectivity index (χ0) is 67.1. The highest BCUT2D eigenvalue weighted by atomic mass is 15.0. The number of aromatic nitrogens is 5. The van der Waals surface area contributed by atoms with Gasteiger partial charge in [0, 0.05) is 49.4 Å². The molecule has 0 unspecified atom stereocenters. The summed E-state index contributed by atoms with van der Waals surface area (Å²) < 4.78 is 4.26. The van der Waals surface area contributed by atoms with Crippen LogP contribution in [0.4, 0.5) is 0 Å². The van der Waals surface area contributed by atoms with Crippen molar-refractivity contribution in [2.45, 2.75) is 0 Å². The molecule has 12 aromatic carbocycles. The molecule has 0 saturated carbocycles. The van der Waals surface area contributed by atoms with Crippen molar-refractivity contribution in [2.24, 2.45) is 0 Å². The Morgan fingerprint density at radius 1 is 0.224 bits per heavy atom. The molecule has 0 amide bonds. The van der Waals surface area contributed by atoms with Crippen molar-refractivity contribution in [3.63, 3.8) is 0 Å². The van der Waals surface area contributed by atoms with Crippen molar-refractivity contribution >= 4 is 43.6 Å². The van der Waals surface area contributed by atoms with E-state index in [1.54, 1.807) is 78.9 Å². The molecule has 3 heterocycles. The Hall–Kier alpha value is -15.3. The molecule has 98 heavy (non-hydrogen) atoms. The lowest BCUT2D eigenvalue weighted by atomic mass is 9.94. The van der Waals surface area contributed by atoms with Crippen LogP contribution >= 0.6 is 0 Å². The summed E-state index contributed by atoms with van der Waals surface area (Å²) in [6.45, 7) is 0. The van der Waals surface area contributed by atoms with Crippen LogP contribution < -0.4 is 0 Å². The van der Waals surface area contributed by atoms with Crippen LogP contribution in [0.2, 0.25) is 0 Å². The maximum Gasteiger partial charge on any atom is 0.164 e. The summed E-state index contributed by atoms with van der Waals surface area (Å²) in [6, 6.07) is 95.2. The molecule has 0 fully saturated rings. The molecular weight excluding hydrogens is 1210 g/mol. The van der Waals surface area contributed by atoms with Gasteiger partial charge in [-0.05, 0) is 196 Å². The van der Waals surface area contributed by atoms with E-state index in [2.05, 4.69) is 63.8 Å². The van der Waals surface area contributed by atoms with E-state index in [0.717, 1.165) is 77.0 Å². The maximum absolute atomic E-state index is 11.8. The van der Waals surface area contributed by atoms with Gasteiger partial charge in [0.2, 0.25) is 0 Å². The lowest BCUT2D eigenvalue weighted by molar-refractivity contribution is 1.07. The molecule has 14 nitrogen and oxygen atoms in total. The fourth-order valence-electron chi connectivity index (χ4n) is 13.1. The van der Waals surface area contributed by atoms with Gasteiger partial charge in [-0.1, -0.05) is 91.0 Å². The highest BCUT2D eigenvalue weighted by Crippen LogP contribution is 2.46. The minimum atomic E-state index is 0.311. The SMILES string of the molecule is N#Cc1cc(C#N)cc(-c2ccc3c(c2)c2cc(-c4cc(C#N)cc(C#N)c4)ccc2n3-c2ccc(-c3nc(-c4ccccc4)nc(-c4ccccc4)n3)cc2-c2c(C#N)cccc2-n2c3ccc(-c4cc(C#N)cc(C#N)c4)cc3c3cc(-c4cc(C#N)cc(C#N)c4)ccc32)c1. The van der Waals surface area contributed by atoms with E-state index >= 15 is 0 Å². The summed E-state index contributed by atoms with van der Waals surface area (Å²) in [5, 5.41) is 96.0. The molecule has 0 spiro atoms. The van der Waals surface area contributed by atoms with Crippen molar-refractivity contribution < 1.29 is 0 Å². The molecule has 0 N–H and O–H groups in total. The number of fused-ring (bicyclic) bond motifs is 6. The fourth-order valence-corrected chi connectivity index (χ4v) is 13.1. The lowest BCUT2D eigenvalue weighted by Crippen LogP contribution is -2.05. The molecule has 3 aromatic heterocycles. The van der Waals surface area contributed by atoms with Crippen molar-refractivity contribution in [1.82, 2.24) is 24.1 Å². The average molecular weight is 1250 g/mol. The molecule has 15 aromatic rings. The number of nitriles is 9. The van der Waals surface area contributed by atoms with Crippen molar-refractivity contribution in [1.29, 1.82) is 47.4 Å². The molecule has 0 atom stereocenters. The van der Waals surface area contributed by atoms with Gasteiger partial charge in [0.25, 0.3) is 0 Å². The van der Waals surface area contributed by atoms with Gasteiger partial charge in [-0.2, -0.15) is 47.4 Å². The number of hydrogen-bond acceptors (Lipinski definition) is 12. The van der Waals surface area contributed by atoms with Crippen molar-refractivity contribution in [3.05, 3.63) is 293 Å². The second-order valence-corrected chi connectivity index (χ2v) is 23.3. The predicted octanol–water partition coefficient (Wildman–Crippen LogP) is 18.2. The molecule has 0 aliphatic rings. The monoisotopic (exact) mass is 1240 g/mol. The van der Waals surface area contributed by atoms with Crippen LogP contribution in [0.25, 0.3) is 145 Å². The lowest BCUT2D eigenvalue weighted by Gasteiger charge is -2.21. The van der Waals surface area contributed by atoms with Crippen LogP contribution in [-0.2, 0) is 0 Å². The Bertz CT molecular complexity index is 5920. The average Bonchev–Trinajstić information content (AvgIpc) is 1.55. The third kappa shape index (κ3) is 10.4. The van der Waals surface area contributed by atoms with Gasteiger partial charge < -0.3 is 9.13 Å². The van der Waals surface area contributed by atoms with E-state index in [-0.39, 0.29) is 0 Å². The standard InChI is InChI=1S/C84H40N14/c85-41-50-24-51(42-86)29-66(28-50)60-14-19-75-70(36-60)71-37-61(67-30-52(43-87)25-53(31-67)44-88)15-20-76(71)97(75)79-23-18-64(84-95-82(58-8-3-1-4-9-58)94-83(96-84)59-10-5-2-6-11-59)40-74(79)81-65(49-93)12-7-13-80(81)98-77-21-16-62(68-32-54(45-89)26-55(33-68)46-90)38-72(77)73-39-63(17-22-78(73)98)69-34-56(47-91)27-57(35-69)48-92/h1-40H. The van der Waals surface area contributed by atoms with Crippen molar-refractivity contribution in [2.75, 3.05) is 0 Å². The fraction of sp³-hybridized carbons (Fsp3) is 0. The first-order chi connectivity index (χ1) is 48.1. The Kier molecular flexibility index (Phi) is 14.7. The summed E-state index contributed by atoms with van der Waals surface area (Å²) in [6.07, 6.45) is 0. The zero-order valence-electron chi connectivity index (χ0n) is 51.4. The maximum atomic E-state index is 11.8. The Morgan fingerprint density at radius 2 is 0.531 bits per heavy atom. The van der Waals surface area contributed by atoms with Crippen LogP contribution in [0.1, 0.15) is 50.1 Å². The summed E-state index contributed by atoms with van der Waals surface area (Å²) in [7, 11) is 0. The molecule has 0 aliphatic heterocycles. The van der Waals surface area contributed by atoms with Gasteiger partial charge in [-0.3, -0.25) is 0 Å². The Morgan fingerprint density at radius 3 is 0.847 bits per heavy atom. The number of hydrogen-bond donors (Lipinski definition) is 0. The first-order valence-corrected chi connectivity index (χ1v) is 30.6.